The molecule has 0 spiro atoms. The molecule has 6 rings (SSSR count). The van der Waals surface area contributed by atoms with Gasteiger partial charge in [-0.3, -0.25) is 0 Å². The van der Waals surface area contributed by atoms with Gasteiger partial charge in [0.1, 0.15) is 11.5 Å². The zero-order valence-corrected chi connectivity index (χ0v) is 25.2. The second-order valence-corrected chi connectivity index (χ2v) is 13.0. The van der Waals surface area contributed by atoms with Gasteiger partial charge in [0.2, 0.25) is 0 Å². The van der Waals surface area contributed by atoms with Crippen LogP contribution >= 0.6 is 45.9 Å². The highest BCUT2D eigenvalue weighted by Crippen LogP contribution is 2.46. The molecule has 1 aromatic carbocycles. The Morgan fingerprint density at radius 3 is 2.65 bits per heavy atom. The zero-order valence-electron chi connectivity index (χ0n) is 22.1. The van der Waals surface area contributed by atoms with E-state index < -0.39 is 5.97 Å². The van der Waals surface area contributed by atoms with E-state index in [0.29, 0.717) is 39.4 Å². The highest BCUT2D eigenvalue weighted by atomic mass is 35.5. The van der Waals surface area contributed by atoms with E-state index in [1.807, 2.05) is 23.6 Å². The molecule has 1 aliphatic carbocycles. The van der Waals surface area contributed by atoms with Crippen molar-refractivity contribution >= 4 is 57.0 Å². The SMILES string of the molecule is CC[C@H]1C[C@@H](OCc2c(-c3c(Cl)cccc3Cl)noc2C2CC2)C[C@@H](C)N1c1nc(-c2cc(C(=O)O)cs2)cs1. The molecule has 7 nitrogen and oxygen atoms in total. The molecule has 1 aliphatic heterocycles. The molecule has 1 N–H and O–H groups in total. The fourth-order valence-electron chi connectivity index (χ4n) is 5.54. The molecular formula is C29H29Cl2N3O4S2. The summed E-state index contributed by atoms with van der Waals surface area (Å²) in [6.45, 7) is 4.81. The summed E-state index contributed by atoms with van der Waals surface area (Å²) < 4.78 is 12.4. The third kappa shape index (κ3) is 5.42. The molecule has 40 heavy (non-hydrogen) atoms. The lowest BCUT2D eigenvalue weighted by atomic mass is 9.92. The monoisotopic (exact) mass is 617 g/mol. The molecule has 2 aliphatic rings. The van der Waals surface area contributed by atoms with Crippen molar-refractivity contribution in [3.05, 3.63) is 62.0 Å². The minimum absolute atomic E-state index is 0.0718. The molecule has 1 saturated heterocycles. The van der Waals surface area contributed by atoms with Crippen LogP contribution in [0.5, 0.6) is 0 Å². The zero-order chi connectivity index (χ0) is 28.0. The second-order valence-electron chi connectivity index (χ2n) is 10.5. The van der Waals surface area contributed by atoms with Crippen LogP contribution in [-0.2, 0) is 11.3 Å². The largest absolute Gasteiger partial charge is 0.478 e. The first-order valence-corrected chi connectivity index (χ1v) is 16.0. The number of carboxylic acids is 1. The predicted molar refractivity (Wildman–Crippen MR) is 160 cm³/mol. The van der Waals surface area contributed by atoms with Crippen LogP contribution in [-0.4, -0.2) is 39.4 Å². The first kappa shape index (κ1) is 27.7. The van der Waals surface area contributed by atoms with Crippen LogP contribution in [0.15, 0.2) is 39.5 Å². The van der Waals surface area contributed by atoms with Crippen molar-refractivity contribution in [1.82, 2.24) is 10.1 Å². The molecule has 0 amide bonds. The smallest absolute Gasteiger partial charge is 0.336 e. The molecule has 4 heterocycles. The number of hydrogen-bond donors (Lipinski definition) is 1. The quantitative estimate of drug-likeness (QED) is 0.201. The summed E-state index contributed by atoms with van der Waals surface area (Å²) in [5.41, 5.74) is 3.43. The minimum Gasteiger partial charge on any atom is -0.478 e. The Hall–Kier alpha value is -2.43. The number of carboxylic acid groups (broad SMARTS) is 1. The van der Waals surface area contributed by atoms with Gasteiger partial charge in [-0.25, -0.2) is 9.78 Å². The van der Waals surface area contributed by atoms with E-state index in [1.54, 1.807) is 22.8 Å². The number of rotatable bonds is 9. The number of anilines is 1. The number of halogens is 2. The van der Waals surface area contributed by atoms with Crippen molar-refractivity contribution in [2.75, 3.05) is 4.90 Å². The number of aromatic carboxylic acids is 1. The third-order valence-corrected chi connectivity index (χ3v) is 10.2. The summed E-state index contributed by atoms with van der Waals surface area (Å²) in [6, 6.07) is 7.64. The lowest BCUT2D eigenvalue weighted by Gasteiger charge is -2.43. The van der Waals surface area contributed by atoms with E-state index in [-0.39, 0.29) is 18.2 Å². The molecule has 0 radical (unpaired) electrons. The molecule has 210 valence electrons. The van der Waals surface area contributed by atoms with Crippen LogP contribution in [0.25, 0.3) is 21.8 Å². The van der Waals surface area contributed by atoms with Gasteiger partial charge in [-0.05, 0) is 57.2 Å². The number of aromatic nitrogens is 2. The summed E-state index contributed by atoms with van der Waals surface area (Å²) >= 11 is 16.1. The number of ether oxygens (including phenoxy) is 1. The summed E-state index contributed by atoms with van der Waals surface area (Å²) in [5, 5.41) is 19.4. The van der Waals surface area contributed by atoms with E-state index in [4.69, 9.17) is 37.4 Å². The summed E-state index contributed by atoms with van der Waals surface area (Å²) in [6.07, 6.45) is 4.95. The van der Waals surface area contributed by atoms with Gasteiger partial charge in [0, 0.05) is 39.9 Å². The summed E-state index contributed by atoms with van der Waals surface area (Å²) in [7, 11) is 0. The molecule has 2 fully saturated rings. The average molecular weight is 619 g/mol. The van der Waals surface area contributed by atoms with Gasteiger partial charge in [0.05, 0.1) is 38.9 Å². The first-order valence-electron chi connectivity index (χ1n) is 13.4. The molecule has 4 aromatic rings. The molecule has 1 saturated carbocycles. The van der Waals surface area contributed by atoms with Crippen molar-refractivity contribution in [1.29, 1.82) is 0 Å². The maximum absolute atomic E-state index is 11.3. The number of nitrogens with zero attached hydrogens (tertiary/aromatic N) is 3. The molecule has 3 atom stereocenters. The maximum Gasteiger partial charge on any atom is 0.336 e. The Morgan fingerprint density at radius 2 is 1.98 bits per heavy atom. The van der Waals surface area contributed by atoms with Gasteiger partial charge in [-0.2, -0.15) is 0 Å². The van der Waals surface area contributed by atoms with E-state index in [1.165, 1.54) is 11.3 Å². The number of hydrogen-bond acceptors (Lipinski definition) is 8. The van der Waals surface area contributed by atoms with E-state index in [2.05, 4.69) is 23.9 Å². The van der Waals surface area contributed by atoms with E-state index >= 15 is 0 Å². The number of thiazole rings is 1. The van der Waals surface area contributed by atoms with Crippen LogP contribution < -0.4 is 4.90 Å². The maximum atomic E-state index is 11.3. The molecule has 0 bridgehead atoms. The van der Waals surface area contributed by atoms with Crippen molar-refractivity contribution < 1.29 is 19.2 Å². The number of thiophene rings is 1. The van der Waals surface area contributed by atoms with Crippen LogP contribution in [0.2, 0.25) is 10.0 Å². The Kier molecular flexibility index (Phi) is 7.94. The Balaban J connectivity index is 1.19. The first-order chi connectivity index (χ1) is 19.3. The number of carbonyl (C=O) groups is 1. The molecule has 11 heteroatoms. The minimum atomic E-state index is -0.919. The second kappa shape index (κ2) is 11.4. The van der Waals surface area contributed by atoms with E-state index in [0.717, 1.165) is 59.1 Å². The Labute approximate surface area is 250 Å². The summed E-state index contributed by atoms with van der Waals surface area (Å²) in [4.78, 5) is 19.5. The fourth-order valence-corrected chi connectivity index (χ4v) is 8.03. The van der Waals surface area contributed by atoms with Gasteiger partial charge < -0.3 is 19.3 Å². The standard InChI is InChI=1S/C29H29Cl2N3O4S2/c1-3-18-11-19(9-15(2)34(18)29-32-23(14-40-29)24-10-17(13-39-24)28(35)36)37-12-20-26(33-38-27(20)16-7-8-16)25-21(30)5-4-6-22(25)31/h4-6,10,13-16,18-19H,3,7-9,11-12H2,1-2H3,(H,35,36)/t15-,18+,19+/m1/s1. The highest BCUT2D eigenvalue weighted by molar-refractivity contribution is 7.16. The highest BCUT2D eigenvalue weighted by Gasteiger charge is 2.37. The van der Waals surface area contributed by atoms with Gasteiger partial charge >= 0.3 is 5.97 Å². The fraction of sp³-hybridized carbons (Fsp3) is 0.414. The topological polar surface area (TPSA) is 88.7 Å². The van der Waals surface area contributed by atoms with Gasteiger partial charge in [0.25, 0.3) is 0 Å². The molecule has 3 aromatic heterocycles. The molecule has 0 unspecified atom stereocenters. The van der Waals surface area contributed by atoms with Crippen LogP contribution in [0.1, 0.15) is 73.6 Å². The Bertz CT molecular complexity index is 1510. The third-order valence-electron chi connectivity index (χ3n) is 7.72. The van der Waals surface area contributed by atoms with Crippen molar-refractivity contribution in [3.63, 3.8) is 0 Å². The van der Waals surface area contributed by atoms with Crippen LogP contribution in [0.4, 0.5) is 5.13 Å². The molecular weight excluding hydrogens is 589 g/mol. The van der Waals surface area contributed by atoms with Crippen molar-refractivity contribution in [2.24, 2.45) is 0 Å². The van der Waals surface area contributed by atoms with E-state index in [9.17, 15) is 9.90 Å². The van der Waals surface area contributed by atoms with Gasteiger partial charge in [-0.1, -0.05) is 41.3 Å². The summed E-state index contributed by atoms with van der Waals surface area (Å²) in [5.74, 6) is 0.343. The van der Waals surface area contributed by atoms with Crippen molar-refractivity contribution in [2.45, 2.75) is 76.7 Å². The average Bonchev–Trinajstić information content (AvgIpc) is 3.29. The lowest BCUT2D eigenvalue weighted by Crippen LogP contribution is -2.50. The van der Waals surface area contributed by atoms with Gasteiger partial charge in [-0.15, -0.1) is 22.7 Å². The van der Waals surface area contributed by atoms with Crippen molar-refractivity contribution in [3.8, 4) is 21.8 Å². The predicted octanol–water partition coefficient (Wildman–Crippen LogP) is 8.76. The number of piperidine rings is 1. The number of benzene rings is 1. The lowest BCUT2D eigenvalue weighted by molar-refractivity contribution is 0.00782. The van der Waals surface area contributed by atoms with Crippen LogP contribution in [0, 0.1) is 0 Å². The van der Waals surface area contributed by atoms with Crippen LogP contribution in [0.3, 0.4) is 0 Å². The normalized spacial score (nSPS) is 21.2. The Morgan fingerprint density at radius 1 is 1.20 bits per heavy atom. The van der Waals surface area contributed by atoms with Gasteiger partial charge in [0.15, 0.2) is 5.13 Å².